The van der Waals surface area contributed by atoms with E-state index < -0.39 is 5.66 Å². The summed E-state index contributed by atoms with van der Waals surface area (Å²) < 4.78 is 0. The van der Waals surface area contributed by atoms with Crippen LogP contribution in [0.15, 0.2) is 57.5 Å². The van der Waals surface area contributed by atoms with Gasteiger partial charge < -0.3 is 0 Å². The van der Waals surface area contributed by atoms with Crippen molar-refractivity contribution >= 4 is 12.2 Å². The number of allylic oxidation sites excluding steroid dienone is 2. The van der Waals surface area contributed by atoms with Crippen molar-refractivity contribution in [2.75, 3.05) is 0 Å². The summed E-state index contributed by atoms with van der Waals surface area (Å²) in [4.78, 5) is 28.4. The quantitative estimate of drug-likeness (QED) is 0.628. The van der Waals surface area contributed by atoms with Gasteiger partial charge in [-0.05, 0) is 48.6 Å². The lowest BCUT2D eigenvalue weighted by atomic mass is 9.87. The van der Waals surface area contributed by atoms with Crippen LogP contribution in [0.25, 0.3) is 0 Å². The van der Waals surface area contributed by atoms with Crippen LogP contribution in [-0.4, -0.2) is 17.8 Å². The first-order valence-electron chi connectivity index (χ1n) is 6.71. The van der Waals surface area contributed by atoms with E-state index in [4.69, 9.17) is 0 Å². The smallest absolute Gasteiger partial charge is 0.211 e. The minimum atomic E-state index is -1.16. The Morgan fingerprint density at radius 2 is 1.81 bits per heavy atom. The fourth-order valence-electron chi connectivity index (χ4n) is 2.50. The van der Waals surface area contributed by atoms with Gasteiger partial charge in [0.1, 0.15) is 0 Å². The summed E-state index contributed by atoms with van der Waals surface area (Å²) in [6.45, 7) is 4.01. The number of benzene rings is 1. The maximum Gasteiger partial charge on any atom is 0.237 e. The number of rotatable bonds is 4. The predicted molar refractivity (Wildman–Crippen MR) is 80.3 cm³/mol. The highest BCUT2D eigenvalue weighted by Gasteiger charge is 2.29. The van der Waals surface area contributed by atoms with Gasteiger partial charge in [0.25, 0.3) is 0 Å². The molecule has 0 spiro atoms. The number of hydrogen-bond donors (Lipinski definition) is 0. The van der Waals surface area contributed by atoms with Crippen molar-refractivity contribution in [3.05, 3.63) is 58.7 Å². The Balaban J connectivity index is 2.29. The SMILES string of the molecule is CC1=CC(N=C=O)(N=C=O)CC=C1Cc1ccccc1C. The average molecular weight is 280 g/mol. The molecule has 0 fully saturated rings. The van der Waals surface area contributed by atoms with Gasteiger partial charge in [0.15, 0.2) is 5.66 Å². The van der Waals surface area contributed by atoms with Crippen LogP contribution in [0.4, 0.5) is 0 Å². The molecule has 1 aromatic carbocycles. The van der Waals surface area contributed by atoms with Crippen LogP contribution in [0.2, 0.25) is 0 Å². The molecule has 0 amide bonds. The van der Waals surface area contributed by atoms with Gasteiger partial charge in [-0.3, -0.25) is 0 Å². The molecule has 0 radical (unpaired) electrons. The molecule has 0 N–H and O–H groups in total. The van der Waals surface area contributed by atoms with E-state index >= 15 is 0 Å². The topological polar surface area (TPSA) is 58.9 Å². The van der Waals surface area contributed by atoms with E-state index in [1.165, 1.54) is 23.3 Å². The van der Waals surface area contributed by atoms with Gasteiger partial charge in [-0.25, -0.2) is 9.59 Å². The Hall–Kier alpha value is -2.54. The average Bonchev–Trinajstić information content (AvgIpc) is 2.45. The fourth-order valence-corrected chi connectivity index (χ4v) is 2.50. The summed E-state index contributed by atoms with van der Waals surface area (Å²) in [5, 5.41) is 0. The van der Waals surface area contributed by atoms with Crippen molar-refractivity contribution in [3.63, 3.8) is 0 Å². The van der Waals surface area contributed by atoms with E-state index in [0.717, 1.165) is 17.6 Å². The normalized spacial score (nSPS) is 20.7. The highest BCUT2D eigenvalue weighted by atomic mass is 16.1. The zero-order valence-electron chi connectivity index (χ0n) is 12.1. The van der Waals surface area contributed by atoms with E-state index in [1.54, 1.807) is 6.08 Å². The summed E-state index contributed by atoms with van der Waals surface area (Å²) in [7, 11) is 0. The van der Waals surface area contributed by atoms with Gasteiger partial charge in [0, 0.05) is 6.42 Å². The zero-order valence-corrected chi connectivity index (χ0v) is 12.1. The molecule has 106 valence electrons. The lowest BCUT2D eigenvalue weighted by molar-refractivity contribution is 0.510. The van der Waals surface area contributed by atoms with E-state index in [-0.39, 0.29) is 0 Å². The second kappa shape index (κ2) is 6.27. The molecule has 4 nitrogen and oxygen atoms in total. The molecule has 21 heavy (non-hydrogen) atoms. The number of carbonyl (C=O) groups excluding carboxylic acids is 2. The fraction of sp³-hybridized carbons (Fsp3) is 0.294. The Morgan fingerprint density at radius 1 is 1.14 bits per heavy atom. The summed E-state index contributed by atoms with van der Waals surface area (Å²) in [6, 6.07) is 8.20. The van der Waals surface area contributed by atoms with Crippen LogP contribution in [0.1, 0.15) is 24.5 Å². The third kappa shape index (κ3) is 3.32. The van der Waals surface area contributed by atoms with Crippen LogP contribution >= 0.6 is 0 Å². The third-order valence-electron chi connectivity index (χ3n) is 3.72. The molecule has 4 heteroatoms. The minimum Gasteiger partial charge on any atom is -0.211 e. The molecule has 1 aliphatic carbocycles. The monoisotopic (exact) mass is 280 g/mol. The van der Waals surface area contributed by atoms with Crippen molar-refractivity contribution in [2.24, 2.45) is 9.98 Å². The summed E-state index contributed by atoms with van der Waals surface area (Å²) >= 11 is 0. The second-order valence-electron chi connectivity index (χ2n) is 5.15. The Kier molecular flexibility index (Phi) is 4.44. The van der Waals surface area contributed by atoms with E-state index in [1.807, 2.05) is 25.1 Å². The minimum absolute atomic E-state index is 0.371. The second-order valence-corrected chi connectivity index (χ2v) is 5.15. The van der Waals surface area contributed by atoms with Crippen molar-refractivity contribution < 1.29 is 9.59 Å². The van der Waals surface area contributed by atoms with Crippen molar-refractivity contribution in [2.45, 2.75) is 32.4 Å². The van der Waals surface area contributed by atoms with Crippen LogP contribution in [0.5, 0.6) is 0 Å². The Morgan fingerprint density at radius 3 is 2.38 bits per heavy atom. The van der Waals surface area contributed by atoms with Crippen LogP contribution in [-0.2, 0) is 16.0 Å². The van der Waals surface area contributed by atoms with Crippen LogP contribution < -0.4 is 0 Å². The van der Waals surface area contributed by atoms with Gasteiger partial charge in [-0.2, -0.15) is 9.98 Å². The van der Waals surface area contributed by atoms with E-state index in [2.05, 4.69) is 29.0 Å². The molecule has 0 aromatic heterocycles. The number of aryl methyl sites for hydroxylation is 1. The molecule has 2 rings (SSSR count). The molecule has 0 heterocycles. The number of hydrogen-bond acceptors (Lipinski definition) is 4. The number of nitrogens with zero attached hydrogens (tertiary/aromatic N) is 2. The molecule has 0 saturated heterocycles. The van der Waals surface area contributed by atoms with Crippen molar-refractivity contribution in [1.82, 2.24) is 0 Å². The lowest BCUT2D eigenvalue weighted by Crippen LogP contribution is -2.23. The number of aliphatic imine (C=N–C) groups is 2. The van der Waals surface area contributed by atoms with Crippen LogP contribution in [0, 0.1) is 6.92 Å². The van der Waals surface area contributed by atoms with E-state index in [0.29, 0.717) is 6.42 Å². The van der Waals surface area contributed by atoms with Crippen molar-refractivity contribution in [1.29, 1.82) is 0 Å². The van der Waals surface area contributed by atoms with Crippen molar-refractivity contribution in [3.8, 4) is 0 Å². The highest BCUT2D eigenvalue weighted by molar-refractivity contribution is 5.47. The predicted octanol–water partition coefficient (Wildman–Crippen LogP) is 3.18. The molecule has 0 saturated carbocycles. The molecule has 1 aliphatic rings. The maximum absolute atomic E-state index is 10.5. The molecule has 1 aromatic rings. The first kappa shape index (κ1) is 14.9. The third-order valence-corrected chi connectivity index (χ3v) is 3.72. The zero-order chi connectivity index (χ0) is 15.3. The molecule has 0 unspecified atom stereocenters. The Bertz CT molecular complexity index is 685. The van der Waals surface area contributed by atoms with Gasteiger partial charge in [-0.1, -0.05) is 30.3 Å². The molecule has 0 bridgehead atoms. The molecule has 0 atom stereocenters. The first-order valence-corrected chi connectivity index (χ1v) is 6.71. The largest absolute Gasteiger partial charge is 0.237 e. The number of isocyanates is 2. The lowest BCUT2D eigenvalue weighted by Gasteiger charge is -2.24. The summed E-state index contributed by atoms with van der Waals surface area (Å²) in [6.07, 6.45) is 7.86. The molecular formula is C17H16N2O2. The Labute approximate surface area is 123 Å². The van der Waals surface area contributed by atoms with Gasteiger partial charge in [0.05, 0.1) is 0 Å². The maximum atomic E-state index is 10.5. The van der Waals surface area contributed by atoms with Gasteiger partial charge >= 0.3 is 0 Å². The van der Waals surface area contributed by atoms with Gasteiger partial charge in [0.2, 0.25) is 12.2 Å². The van der Waals surface area contributed by atoms with E-state index in [9.17, 15) is 9.59 Å². The summed E-state index contributed by atoms with van der Waals surface area (Å²) in [5.74, 6) is 0. The summed E-state index contributed by atoms with van der Waals surface area (Å²) in [5.41, 5.74) is 3.44. The highest BCUT2D eigenvalue weighted by Crippen LogP contribution is 2.32. The van der Waals surface area contributed by atoms with Gasteiger partial charge in [-0.15, -0.1) is 0 Å². The first-order chi connectivity index (χ1) is 10.1. The standard InChI is InChI=1S/C17H16N2O2/c1-13-5-3-4-6-15(13)9-16-7-8-17(18-11-20,19-12-21)10-14(16)2/h3-7,10H,8-9H2,1-2H3. The van der Waals surface area contributed by atoms with Crippen LogP contribution in [0.3, 0.4) is 0 Å². The molecule has 0 aliphatic heterocycles. The molecular weight excluding hydrogens is 264 g/mol.